The lowest BCUT2D eigenvalue weighted by Gasteiger charge is -2.48. The molecule has 1 atom stereocenters. The molecule has 0 radical (unpaired) electrons. The number of ether oxygens (including phenoxy) is 1. The Morgan fingerprint density at radius 2 is 2.04 bits per heavy atom. The second kappa shape index (κ2) is 6.99. The third kappa shape index (κ3) is 3.55. The van der Waals surface area contributed by atoms with Gasteiger partial charge >= 0.3 is 0 Å². The Morgan fingerprint density at radius 3 is 2.72 bits per heavy atom. The summed E-state index contributed by atoms with van der Waals surface area (Å²) in [5, 5.41) is 3.82. The molecule has 136 valence electrons. The first-order valence-electron chi connectivity index (χ1n) is 9.92. The van der Waals surface area contributed by atoms with Gasteiger partial charge < -0.3 is 15.0 Å². The molecule has 1 spiro atoms. The standard InChI is InChI=1S/C21H30N2O2/c1-16(24)23-13-8-17(9-14-23)7-12-22-19-15-21(10-4-11-21)25-20-6-3-2-5-18(19)20/h2-3,5-6,17,19,22H,4,7-15H2,1H3. The fraction of sp³-hybridized carbons (Fsp3) is 0.667. The summed E-state index contributed by atoms with van der Waals surface area (Å²) in [6.45, 7) is 4.60. The third-order valence-electron chi connectivity index (χ3n) is 6.46. The number of hydrogen-bond acceptors (Lipinski definition) is 3. The Balaban J connectivity index is 1.31. The van der Waals surface area contributed by atoms with Gasteiger partial charge in [0.15, 0.2) is 0 Å². The van der Waals surface area contributed by atoms with Crippen molar-refractivity contribution >= 4 is 5.91 Å². The van der Waals surface area contributed by atoms with E-state index in [1.165, 1.54) is 31.2 Å². The minimum Gasteiger partial charge on any atom is -0.487 e. The van der Waals surface area contributed by atoms with Crippen LogP contribution in [0.5, 0.6) is 5.75 Å². The molecule has 4 rings (SSSR count). The number of para-hydroxylation sites is 1. The average Bonchev–Trinajstić information content (AvgIpc) is 2.60. The lowest BCUT2D eigenvalue weighted by atomic mass is 9.73. The van der Waals surface area contributed by atoms with Crippen LogP contribution in [-0.4, -0.2) is 36.0 Å². The summed E-state index contributed by atoms with van der Waals surface area (Å²) in [5.74, 6) is 2.05. The SMILES string of the molecule is CC(=O)N1CCC(CCNC2CC3(CCC3)Oc3ccccc32)CC1. The van der Waals surface area contributed by atoms with E-state index in [0.717, 1.165) is 50.6 Å². The number of hydrogen-bond donors (Lipinski definition) is 1. The third-order valence-corrected chi connectivity index (χ3v) is 6.46. The molecule has 1 aromatic rings. The minimum atomic E-state index is 0.0961. The summed E-state index contributed by atoms with van der Waals surface area (Å²) >= 11 is 0. The number of carbonyl (C=O) groups is 1. The second-order valence-corrected chi connectivity index (χ2v) is 8.13. The quantitative estimate of drug-likeness (QED) is 0.908. The first-order chi connectivity index (χ1) is 12.2. The van der Waals surface area contributed by atoms with Crippen molar-refractivity contribution in [1.29, 1.82) is 0 Å². The van der Waals surface area contributed by atoms with Crippen molar-refractivity contribution in [2.75, 3.05) is 19.6 Å². The molecular weight excluding hydrogens is 312 g/mol. The Labute approximate surface area is 150 Å². The molecular formula is C21H30N2O2. The summed E-state index contributed by atoms with van der Waals surface area (Å²) in [6.07, 6.45) is 8.30. The molecule has 4 nitrogen and oxygen atoms in total. The molecule has 1 saturated carbocycles. The van der Waals surface area contributed by atoms with Crippen LogP contribution < -0.4 is 10.1 Å². The van der Waals surface area contributed by atoms with E-state index in [1.807, 2.05) is 4.90 Å². The largest absolute Gasteiger partial charge is 0.487 e. The van der Waals surface area contributed by atoms with Crippen molar-refractivity contribution < 1.29 is 9.53 Å². The van der Waals surface area contributed by atoms with Crippen molar-refractivity contribution in [2.24, 2.45) is 5.92 Å². The lowest BCUT2D eigenvalue weighted by Crippen LogP contribution is -2.49. The van der Waals surface area contributed by atoms with Crippen LogP contribution in [0.15, 0.2) is 24.3 Å². The fourth-order valence-electron chi connectivity index (χ4n) is 4.68. The summed E-state index contributed by atoms with van der Waals surface area (Å²) in [5.41, 5.74) is 1.42. The zero-order chi connectivity index (χ0) is 17.3. The molecule has 25 heavy (non-hydrogen) atoms. The molecule has 0 bridgehead atoms. The smallest absolute Gasteiger partial charge is 0.219 e. The number of nitrogens with one attached hydrogen (secondary N) is 1. The number of fused-ring (bicyclic) bond motifs is 1. The predicted octanol–water partition coefficient (Wildman–Crippen LogP) is 3.67. The number of carbonyl (C=O) groups excluding carboxylic acids is 1. The number of likely N-dealkylation sites (tertiary alicyclic amines) is 1. The second-order valence-electron chi connectivity index (χ2n) is 8.13. The van der Waals surface area contributed by atoms with Gasteiger partial charge in [0.05, 0.1) is 0 Å². The van der Waals surface area contributed by atoms with Crippen LogP contribution >= 0.6 is 0 Å². The van der Waals surface area contributed by atoms with Crippen LogP contribution in [0, 0.1) is 5.92 Å². The van der Waals surface area contributed by atoms with E-state index in [2.05, 4.69) is 29.6 Å². The van der Waals surface area contributed by atoms with E-state index in [0.29, 0.717) is 6.04 Å². The van der Waals surface area contributed by atoms with E-state index in [9.17, 15) is 4.79 Å². The van der Waals surface area contributed by atoms with Crippen molar-refractivity contribution in [3.8, 4) is 5.75 Å². The molecule has 1 amide bonds. The molecule has 1 saturated heterocycles. The van der Waals surface area contributed by atoms with E-state index >= 15 is 0 Å². The zero-order valence-electron chi connectivity index (χ0n) is 15.3. The Morgan fingerprint density at radius 1 is 1.28 bits per heavy atom. The minimum absolute atomic E-state index is 0.0961. The van der Waals surface area contributed by atoms with Gasteiger partial charge in [-0.15, -0.1) is 0 Å². The first-order valence-corrected chi connectivity index (χ1v) is 9.92. The molecule has 1 unspecified atom stereocenters. The van der Waals surface area contributed by atoms with E-state index < -0.39 is 0 Å². The first kappa shape index (κ1) is 16.9. The van der Waals surface area contributed by atoms with Crippen LogP contribution in [0.25, 0.3) is 0 Å². The van der Waals surface area contributed by atoms with Crippen LogP contribution in [0.3, 0.4) is 0 Å². The molecule has 2 heterocycles. The van der Waals surface area contributed by atoms with Crippen LogP contribution in [-0.2, 0) is 4.79 Å². The fourth-order valence-corrected chi connectivity index (χ4v) is 4.68. The van der Waals surface area contributed by atoms with Crippen LogP contribution in [0.4, 0.5) is 0 Å². The van der Waals surface area contributed by atoms with Gasteiger partial charge in [-0.05, 0) is 57.1 Å². The van der Waals surface area contributed by atoms with Gasteiger partial charge in [-0.1, -0.05) is 18.2 Å². The van der Waals surface area contributed by atoms with E-state index in [4.69, 9.17) is 4.74 Å². The average molecular weight is 342 g/mol. The summed E-state index contributed by atoms with van der Waals surface area (Å²) in [4.78, 5) is 13.4. The molecule has 1 N–H and O–H groups in total. The van der Waals surface area contributed by atoms with Crippen LogP contribution in [0.2, 0.25) is 0 Å². The van der Waals surface area contributed by atoms with Gasteiger partial charge in [0.1, 0.15) is 11.4 Å². The van der Waals surface area contributed by atoms with Crippen molar-refractivity contribution in [3.63, 3.8) is 0 Å². The van der Waals surface area contributed by atoms with Crippen molar-refractivity contribution in [3.05, 3.63) is 29.8 Å². The van der Waals surface area contributed by atoms with E-state index in [-0.39, 0.29) is 11.5 Å². The molecule has 2 aliphatic heterocycles. The molecule has 1 aliphatic carbocycles. The van der Waals surface area contributed by atoms with Gasteiger partial charge in [0.2, 0.25) is 5.91 Å². The maximum atomic E-state index is 11.4. The number of rotatable bonds is 4. The normalized spacial score (nSPS) is 25.2. The summed E-state index contributed by atoms with van der Waals surface area (Å²) < 4.78 is 6.34. The van der Waals surface area contributed by atoms with Crippen molar-refractivity contribution in [1.82, 2.24) is 10.2 Å². The molecule has 4 heteroatoms. The highest BCUT2D eigenvalue weighted by Crippen LogP contribution is 2.48. The predicted molar refractivity (Wildman–Crippen MR) is 98.6 cm³/mol. The molecule has 3 aliphatic rings. The Hall–Kier alpha value is -1.55. The molecule has 1 aromatic carbocycles. The number of nitrogens with zero attached hydrogens (tertiary/aromatic N) is 1. The van der Waals surface area contributed by atoms with E-state index in [1.54, 1.807) is 6.92 Å². The van der Waals surface area contributed by atoms with Crippen molar-refractivity contribution in [2.45, 2.75) is 63.5 Å². The molecule has 2 fully saturated rings. The van der Waals surface area contributed by atoms with Gasteiger partial charge in [0, 0.05) is 38.0 Å². The monoisotopic (exact) mass is 342 g/mol. The topological polar surface area (TPSA) is 41.6 Å². The maximum absolute atomic E-state index is 11.4. The zero-order valence-corrected chi connectivity index (χ0v) is 15.3. The summed E-state index contributed by atoms with van der Waals surface area (Å²) in [7, 11) is 0. The van der Waals surface area contributed by atoms with Gasteiger partial charge in [-0.2, -0.15) is 0 Å². The number of amides is 1. The van der Waals surface area contributed by atoms with Gasteiger partial charge in [0.25, 0.3) is 0 Å². The maximum Gasteiger partial charge on any atom is 0.219 e. The van der Waals surface area contributed by atoms with Gasteiger partial charge in [-0.25, -0.2) is 0 Å². The Bertz CT molecular complexity index is 618. The number of piperidine rings is 1. The molecule has 0 aromatic heterocycles. The highest BCUT2D eigenvalue weighted by molar-refractivity contribution is 5.73. The highest BCUT2D eigenvalue weighted by Gasteiger charge is 2.45. The lowest BCUT2D eigenvalue weighted by molar-refractivity contribution is -0.130. The highest BCUT2D eigenvalue weighted by atomic mass is 16.5. The number of benzene rings is 1. The van der Waals surface area contributed by atoms with Gasteiger partial charge in [-0.3, -0.25) is 4.79 Å². The van der Waals surface area contributed by atoms with Crippen LogP contribution in [0.1, 0.15) is 63.5 Å². The Kier molecular flexibility index (Phi) is 4.72. The summed E-state index contributed by atoms with van der Waals surface area (Å²) in [6, 6.07) is 8.95.